The molecule has 1 aromatic carbocycles. The average molecular weight is 432 g/mol. The van der Waals surface area contributed by atoms with Crippen LogP contribution in [0, 0.1) is 5.92 Å². The monoisotopic (exact) mass is 431 g/mol. The summed E-state index contributed by atoms with van der Waals surface area (Å²) in [4.78, 5) is 40.8. The first kappa shape index (κ1) is 24.2. The van der Waals surface area contributed by atoms with Crippen LogP contribution in [0.1, 0.15) is 46.6 Å². The number of carbonyl (C=O) groups excluding carboxylic acids is 3. The maximum atomic E-state index is 13.0. The Morgan fingerprint density at radius 2 is 1.74 bits per heavy atom. The molecule has 0 bridgehead atoms. The molecule has 2 aromatic rings. The molecule has 0 aliphatic heterocycles. The van der Waals surface area contributed by atoms with E-state index in [4.69, 9.17) is 10.6 Å². The van der Waals surface area contributed by atoms with Gasteiger partial charge in [0.25, 0.3) is 5.91 Å². The second-order valence-corrected chi connectivity index (χ2v) is 8.96. The van der Waals surface area contributed by atoms with Gasteiger partial charge in [0, 0.05) is 23.5 Å². The summed E-state index contributed by atoms with van der Waals surface area (Å²) in [6.07, 6.45) is 1.73. The number of nitrogens with two attached hydrogens (primary N) is 1. The number of carbonyl (C=O) groups is 3. The summed E-state index contributed by atoms with van der Waals surface area (Å²) in [7, 11) is 0. The minimum absolute atomic E-state index is 0.126. The predicted molar refractivity (Wildman–Crippen MR) is 119 cm³/mol. The van der Waals surface area contributed by atoms with Gasteiger partial charge < -0.3 is 20.4 Å². The Bertz CT molecular complexity index is 916. The summed E-state index contributed by atoms with van der Waals surface area (Å²) in [6, 6.07) is 5.91. The summed E-state index contributed by atoms with van der Waals surface area (Å²) in [5.41, 5.74) is 3.21. The van der Waals surface area contributed by atoms with Crippen molar-refractivity contribution in [2.75, 3.05) is 0 Å². The highest BCUT2D eigenvalue weighted by atomic mass is 16.6. The number of hydrogen-bond acceptors (Lipinski definition) is 5. The average Bonchev–Trinajstić information content (AvgIpc) is 3.07. The highest BCUT2D eigenvalue weighted by Gasteiger charge is 2.29. The predicted octanol–water partition coefficient (Wildman–Crippen LogP) is 2.12. The van der Waals surface area contributed by atoms with Crippen LogP contribution in [-0.2, 0) is 20.7 Å². The SMILES string of the molecule is CC(C)CC(NC(=O)OC(C)(C)C)C(=O)NC(Cc1c[nH]c2ccccc12)C(=O)NN. The van der Waals surface area contributed by atoms with Gasteiger partial charge in [0.2, 0.25) is 5.91 Å². The highest BCUT2D eigenvalue weighted by molar-refractivity contribution is 5.92. The summed E-state index contributed by atoms with van der Waals surface area (Å²) in [6.45, 7) is 9.10. The Balaban J connectivity index is 2.17. The fourth-order valence-corrected chi connectivity index (χ4v) is 3.26. The number of alkyl carbamates (subject to hydrolysis) is 1. The number of H-pyrrole nitrogens is 1. The Morgan fingerprint density at radius 1 is 1.06 bits per heavy atom. The van der Waals surface area contributed by atoms with Crippen molar-refractivity contribution in [1.82, 2.24) is 21.0 Å². The molecule has 0 spiro atoms. The molecule has 31 heavy (non-hydrogen) atoms. The summed E-state index contributed by atoms with van der Waals surface area (Å²) >= 11 is 0. The third-order valence-corrected chi connectivity index (χ3v) is 4.59. The summed E-state index contributed by atoms with van der Waals surface area (Å²) < 4.78 is 5.27. The van der Waals surface area contributed by atoms with Crippen LogP contribution in [0.4, 0.5) is 4.79 Å². The molecule has 0 fully saturated rings. The highest BCUT2D eigenvalue weighted by Crippen LogP contribution is 2.19. The third-order valence-electron chi connectivity index (χ3n) is 4.59. The maximum Gasteiger partial charge on any atom is 0.408 e. The number of rotatable bonds is 8. The number of ether oxygens (including phenoxy) is 1. The lowest BCUT2D eigenvalue weighted by Crippen LogP contribution is -2.56. The van der Waals surface area contributed by atoms with Gasteiger partial charge in [0.1, 0.15) is 17.7 Å². The molecule has 0 aliphatic rings. The number of amides is 3. The van der Waals surface area contributed by atoms with Gasteiger partial charge in [0.05, 0.1) is 0 Å². The van der Waals surface area contributed by atoms with Crippen LogP contribution in [0.15, 0.2) is 30.5 Å². The van der Waals surface area contributed by atoms with Gasteiger partial charge in [-0.15, -0.1) is 0 Å². The smallest absolute Gasteiger partial charge is 0.408 e. The lowest BCUT2D eigenvalue weighted by molar-refractivity contribution is -0.130. The molecule has 2 unspecified atom stereocenters. The van der Waals surface area contributed by atoms with E-state index in [1.807, 2.05) is 38.1 Å². The molecule has 2 rings (SSSR count). The number of para-hydroxylation sites is 1. The zero-order valence-electron chi connectivity index (χ0n) is 18.7. The van der Waals surface area contributed by atoms with E-state index in [1.54, 1.807) is 27.0 Å². The fourth-order valence-electron chi connectivity index (χ4n) is 3.26. The van der Waals surface area contributed by atoms with Gasteiger partial charge in [-0.2, -0.15) is 0 Å². The lowest BCUT2D eigenvalue weighted by atomic mass is 10.0. The number of hydrogen-bond donors (Lipinski definition) is 5. The molecule has 1 aromatic heterocycles. The van der Waals surface area contributed by atoms with E-state index in [2.05, 4.69) is 21.0 Å². The number of aromatic amines is 1. The zero-order valence-corrected chi connectivity index (χ0v) is 18.7. The first-order valence-electron chi connectivity index (χ1n) is 10.4. The topological polar surface area (TPSA) is 138 Å². The minimum Gasteiger partial charge on any atom is -0.444 e. The molecule has 3 amide bonds. The Labute approximate surface area is 182 Å². The van der Waals surface area contributed by atoms with Gasteiger partial charge >= 0.3 is 6.09 Å². The number of aromatic nitrogens is 1. The van der Waals surface area contributed by atoms with Crippen molar-refractivity contribution in [3.8, 4) is 0 Å². The Kier molecular flexibility index (Phi) is 8.04. The second kappa shape index (κ2) is 10.3. The lowest BCUT2D eigenvalue weighted by Gasteiger charge is -2.25. The standard InChI is InChI=1S/C22H33N5O4/c1-13(2)10-17(26-21(30)31-22(3,4)5)19(28)25-18(20(29)27-23)11-14-12-24-16-9-7-6-8-15(14)16/h6-9,12-13,17-18,24H,10-11,23H2,1-5H3,(H,25,28)(H,26,30)(H,27,29). The van der Waals surface area contributed by atoms with Gasteiger partial charge in [0.15, 0.2) is 0 Å². The molecular weight excluding hydrogens is 398 g/mol. The molecule has 0 aliphatic carbocycles. The van der Waals surface area contributed by atoms with Crippen molar-refractivity contribution >= 4 is 28.8 Å². The van der Waals surface area contributed by atoms with Crippen molar-refractivity contribution in [3.05, 3.63) is 36.0 Å². The summed E-state index contributed by atoms with van der Waals surface area (Å²) in [5.74, 6) is 4.47. The van der Waals surface area contributed by atoms with E-state index in [0.717, 1.165) is 16.5 Å². The van der Waals surface area contributed by atoms with Gasteiger partial charge in [-0.1, -0.05) is 32.0 Å². The molecule has 6 N–H and O–H groups in total. The van der Waals surface area contributed by atoms with Crippen molar-refractivity contribution in [1.29, 1.82) is 0 Å². The Hall–Kier alpha value is -3.07. The molecule has 0 saturated heterocycles. The van der Waals surface area contributed by atoms with Crippen LogP contribution in [0.3, 0.4) is 0 Å². The normalized spacial score (nSPS) is 13.5. The molecule has 9 nitrogen and oxygen atoms in total. The second-order valence-electron chi connectivity index (χ2n) is 8.96. The molecular formula is C22H33N5O4. The van der Waals surface area contributed by atoms with Crippen LogP contribution in [0.25, 0.3) is 10.9 Å². The first-order chi connectivity index (χ1) is 14.5. The van der Waals surface area contributed by atoms with Gasteiger partial charge in [-0.05, 0) is 44.7 Å². The van der Waals surface area contributed by atoms with E-state index in [9.17, 15) is 14.4 Å². The van der Waals surface area contributed by atoms with E-state index in [-0.39, 0.29) is 12.3 Å². The van der Waals surface area contributed by atoms with E-state index >= 15 is 0 Å². The van der Waals surface area contributed by atoms with Gasteiger partial charge in [-0.25, -0.2) is 10.6 Å². The van der Waals surface area contributed by atoms with Crippen molar-refractivity contribution < 1.29 is 19.1 Å². The number of benzene rings is 1. The molecule has 2 atom stereocenters. The molecule has 170 valence electrons. The first-order valence-corrected chi connectivity index (χ1v) is 10.4. The van der Waals surface area contributed by atoms with Crippen LogP contribution in [0.5, 0.6) is 0 Å². The van der Waals surface area contributed by atoms with E-state index in [0.29, 0.717) is 6.42 Å². The largest absolute Gasteiger partial charge is 0.444 e. The fraction of sp³-hybridized carbons (Fsp3) is 0.500. The molecule has 1 heterocycles. The van der Waals surface area contributed by atoms with Crippen molar-refractivity contribution in [2.24, 2.45) is 11.8 Å². The quantitative estimate of drug-likeness (QED) is 0.248. The molecule has 9 heteroatoms. The molecule has 0 radical (unpaired) electrons. The Morgan fingerprint density at radius 3 is 2.35 bits per heavy atom. The number of fused-ring (bicyclic) bond motifs is 1. The van der Waals surface area contributed by atoms with Crippen LogP contribution >= 0.6 is 0 Å². The zero-order chi connectivity index (χ0) is 23.2. The van der Waals surface area contributed by atoms with Crippen molar-refractivity contribution in [2.45, 2.75) is 65.1 Å². The van der Waals surface area contributed by atoms with Crippen LogP contribution < -0.4 is 21.9 Å². The van der Waals surface area contributed by atoms with Crippen molar-refractivity contribution in [3.63, 3.8) is 0 Å². The van der Waals surface area contributed by atoms with Crippen LogP contribution in [0.2, 0.25) is 0 Å². The number of hydrazine groups is 1. The maximum absolute atomic E-state index is 13.0. The van der Waals surface area contributed by atoms with E-state index < -0.39 is 35.6 Å². The third kappa shape index (κ3) is 7.29. The van der Waals surface area contributed by atoms with E-state index in [1.165, 1.54) is 0 Å². The van der Waals surface area contributed by atoms with Crippen LogP contribution in [-0.4, -0.2) is 40.6 Å². The minimum atomic E-state index is -0.910. The molecule has 0 saturated carbocycles. The van der Waals surface area contributed by atoms with Gasteiger partial charge in [-0.3, -0.25) is 15.0 Å². The number of nitrogens with one attached hydrogen (secondary N) is 4. The summed E-state index contributed by atoms with van der Waals surface area (Å²) in [5, 5.41) is 6.30.